The van der Waals surface area contributed by atoms with Crippen molar-refractivity contribution in [2.24, 2.45) is 0 Å². The highest BCUT2D eigenvalue weighted by molar-refractivity contribution is 7.99. The van der Waals surface area contributed by atoms with Crippen molar-refractivity contribution in [3.05, 3.63) is 36.9 Å². The standard InChI is InChI=1S/C13H17NOS/c1-3-10(14-4-2)12-9-16-13-8-6-5-7-11(13)15-12/h3,5-8,10,12,14H,1,4,9H2,2H3. The highest BCUT2D eigenvalue weighted by Gasteiger charge is 2.25. The summed E-state index contributed by atoms with van der Waals surface area (Å²) < 4.78 is 5.98. The summed E-state index contributed by atoms with van der Waals surface area (Å²) in [4.78, 5) is 1.23. The first-order chi connectivity index (χ1) is 7.85. The normalized spacial score (nSPS) is 20.7. The molecule has 1 N–H and O–H groups in total. The summed E-state index contributed by atoms with van der Waals surface area (Å²) in [7, 11) is 0. The van der Waals surface area contributed by atoms with Crippen molar-refractivity contribution in [1.29, 1.82) is 0 Å². The highest BCUT2D eigenvalue weighted by Crippen LogP contribution is 2.35. The van der Waals surface area contributed by atoms with E-state index in [1.807, 2.05) is 36.0 Å². The molecule has 0 bridgehead atoms. The molecule has 2 unspecified atom stereocenters. The third kappa shape index (κ3) is 2.42. The lowest BCUT2D eigenvalue weighted by Crippen LogP contribution is -2.44. The number of thioether (sulfide) groups is 1. The van der Waals surface area contributed by atoms with Gasteiger partial charge in [0.2, 0.25) is 0 Å². The van der Waals surface area contributed by atoms with Crippen LogP contribution in [0.2, 0.25) is 0 Å². The van der Waals surface area contributed by atoms with Gasteiger partial charge in [-0.3, -0.25) is 0 Å². The van der Waals surface area contributed by atoms with Gasteiger partial charge in [0.25, 0.3) is 0 Å². The summed E-state index contributed by atoms with van der Waals surface area (Å²) in [5, 5.41) is 3.38. The molecule has 2 rings (SSSR count). The maximum absolute atomic E-state index is 5.98. The van der Waals surface area contributed by atoms with Crippen LogP contribution in [0.25, 0.3) is 0 Å². The molecule has 0 radical (unpaired) electrons. The van der Waals surface area contributed by atoms with E-state index in [4.69, 9.17) is 4.74 Å². The van der Waals surface area contributed by atoms with Gasteiger partial charge in [-0.05, 0) is 18.7 Å². The van der Waals surface area contributed by atoms with E-state index < -0.39 is 0 Å². The van der Waals surface area contributed by atoms with E-state index in [2.05, 4.69) is 24.9 Å². The van der Waals surface area contributed by atoms with Crippen LogP contribution < -0.4 is 10.1 Å². The highest BCUT2D eigenvalue weighted by atomic mass is 32.2. The molecule has 3 heteroatoms. The molecule has 0 fully saturated rings. The van der Waals surface area contributed by atoms with Crippen LogP contribution in [0.3, 0.4) is 0 Å². The number of rotatable bonds is 4. The minimum absolute atomic E-state index is 0.178. The molecule has 1 heterocycles. The number of para-hydroxylation sites is 1. The number of hydrogen-bond donors (Lipinski definition) is 1. The molecule has 0 amide bonds. The zero-order chi connectivity index (χ0) is 11.4. The third-order valence-corrected chi connectivity index (χ3v) is 3.77. The zero-order valence-electron chi connectivity index (χ0n) is 9.48. The van der Waals surface area contributed by atoms with Gasteiger partial charge in [-0.25, -0.2) is 0 Å². The van der Waals surface area contributed by atoms with Crippen LogP contribution >= 0.6 is 11.8 Å². The number of nitrogens with one attached hydrogen (secondary N) is 1. The van der Waals surface area contributed by atoms with Crippen LogP contribution in [-0.4, -0.2) is 24.4 Å². The molecule has 0 aliphatic carbocycles. The summed E-state index contributed by atoms with van der Waals surface area (Å²) in [5.74, 6) is 1.97. The van der Waals surface area contributed by atoms with Crippen LogP contribution in [0.1, 0.15) is 6.92 Å². The second kappa shape index (κ2) is 5.41. The van der Waals surface area contributed by atoms with Crippen molar-refractivity contribution >= 4 is 11.8 Å². The number of fused-ring (bicyclic) bond motifs is 1. The molecule has 1 aromatic carbocycles. The van der Waals surface area contributed by atoms with E-state index in [1.54, 1.807) is 0 Å². The van der Waals surface area contributed by atoms with Gasteiger partial charge in [-0.1, -0.05) is 25.1 Å². The first-order valence-electron chi connectivity index (χ1n) is 5.59. The van der Waals surface area contributed by atoms with Crippen LogP contribution in [0.4, 0.5) is 0 Å². The fraction of sp³-hybridized carbons (Fsp3) is 0.385. The van der Waals surface area contributed by atoms with Crippen molar-refractivity contribution < 1.29 is 4.74 Å². The Morgan fingerprint density at radius 2 is 2.44 bits per heavy atom. The molecular weight excluding hydrogens is 218 g/mol. The third-order valence-electron chi connectivity index (χ3n) is 2.62. The average Bonchev–Trinajstić information content (AvgIpc) is 2.35. The molecule has 1 aliphatic heterocycles. The Kier molecular flexibility index (Phi) is 3.91. The zero-order valence-corrected chi connectivity index (χ0v) is 10.3. The summed E-state index contributed by atoms with van der Waals surface area (Å²) in [5.41, 5.74) is 0. The molecule has 0 spiro atoms. The Balaban J connectivity index is 2.09. The lowest BCUT2D eigenvalue weighted by molar-refractivity contribution is 0.186. The van der Waals surface area contributed by atoms with Gasteiger partial charge in [-0.2, -0.15) is 0 Å². The van der Waals surface area contributed by atoms with Gasteiger partial charge < -0.3 is 10.1 Å². The van der Waals surface area contributed by atoms with Crippen LogP contribution in [0.5, 0.6) is 5.75 Å². The molecule has 16 heavy (non-hydrogen) atoms. The number of benzene rings is 1. The Bertz CT molecular complexity index is 367. The van der Waals surface area contributed by atoms with Crippen LogP contribution in [0.15, 0.2) is 41.8 Å². The molecule has 0 aromatic heterocycles. The van der Waals surface area contributed by atoms with Crippen LogP contribution in [-0.2, 0) is 0 Å². The minimum Gasteiger partial charge on any atom is -0.486 e. The van der Waals surface area contributed by atoms with E-state index in [0.717, 1.165) is 18.0 Å². The smallest absolute Gasteiger partial charge is 0.133 e. The summed E-state index contributed by atoms with van der Waals surface area (Å²) in [6, 6.07) is 8.42. The molecule has 0 saturated carbocycles. The van der Waals surface area contributed by atoms with Crippen molar-refractivity contribution in [2.75, 3.05) is 12.3 Å². The van der Waals surface area contributed by atoms with Gasteiger partial charge >= 0.3 is 0 Å². The first kappa shape index (κ1) is 11.6. The van der Waals surface area contributed by atoms with Crippen molar-refractivity contribution in [3.63, 3.8) is 0 Å². The lowest BCUT2D eigenvalue weighted by Gasteiger charge is -2.30. The maximum Gasteiger partial charge on any atom is 0.133 e. The monoisotopic (exact) mass is 235 g/mol. The van der Waals surface area contributed by atoms with Gasteiger partial charge in [0.05, 0.1) is 6.04 Å². The van der Waals surface area contributed by atoms with Crippen molar-refractivity contribution in [3.8, 4) is 5.75 Å². The van der Waals surface area contributed by atoms with Crippen molar-refractivity contribution in [2.45, 2.75) is 24.0 Å². The van der Waals surface area contributed by atoms with Gasteiger partial charge in [0.15, 0.2) is 0 Å². The Labute approximate surface area is 101 Å². The van der Waals surface area contributed by atoms with E-state index in [-0.39, 0.29) is 12.1 Å². The Hall–Kier alpha value is -0.930. The van der Waals surface area contributed by atoms with E-state index in [9.17, 15) is 0 Å². The van der Waals surface area contributed by atoms with Gasteiger partial charge in [-0.15, -0.1) is 18.3 Å². The Morgan fingerprint density at radius 1 is 1.62 bits per heavy atom. The van der Waals surface area contributed by atoms with Crippen molar-refractivity contribution in [1.82, 2.24) is 5.32 Å². The Morgan fingerprint density at radius 3 is 3.19 bits per heavy atom. The molecule has 0 saturated heterocycles. The second-order valence-corrected chi connectivity index (χ2v) is 4.80. The predicted octanol–water partition coefficient (Wildman–Crippen LogP) is 2.70. The molecule has 2 atom stereocenters. The number of likely N-dealkylation sites (N-methyl/N-ethyl adjacent to an activating group) is 1. The quantitative estimate of drug-likeness (QED) is 0.811. The maximum atomic E-state index is 5.98. The summed E-state index contributed by atoms with van der Waals surface area (Å²) >= 11 is 1.85. The summed E-state index contributed by atoms with van der Waals surface area (Å²) in [6.45, 7) is 6.89. The predicted molar refractivity (Wildman–Crippen MR) is 69.2 cm³/mol. The summed E-state index contributed by atoms with van der Waals surface area (Å²) in [6.07, 6.45) is 2.11. The van der Waals surface area contributed by atoms with Gasteiger partial charge in [0.1, 0.15) is 11.9 Å². The average molecular weight is 235 g/mol. The fourth-order valence-electron chi connectivity index (χ4n) is 1.82. The van der Waals surface area contributed by atoms with Gasteiger partial charge in [0, 0.05) is 10.6 Å². The topological polar surface area (TPSA) is 21.3 Å². The van der Waals surface area contributed by atoms with E-state index in [1.165, 1.54) is 4.90 Å². The fourth-order valence-corrected chi connectivity index (χ4v) is 2.87. The molecule has 86 valence electrons. The SMILES string of the molecule is C=CC(NCC)C1CSc2ccccc2O1. The number of hydrogen-bond acceptors (Lipinski definition) is 3. The lowest BCUT2D eigenvalue weighted by atomic mass is 10.1. The van der Waals surface area contributed by atoms with E-state index in [0.29, 0.717) is 0 Å². The molecule has 2 nitrogen and oxygen atoms in total. The minimum atomic E-state index is 0.178. The second-order valence-electron chi connectivity index (χ2n) is 3.73. The molecule has 1 aromatic rings. The van der Waals surface area contributed by atoms with E-state index >= 15 is 0 Å². The van der Waals surface area contributed by atoms with Crippen LogP contribution in [0, 0.1) is 0 Å². The molecular formula is C13H17NOS. The largest absolute Gasteiger partial charge is 0.486 e. The molecule has 1 aliphatic rings. The number of ether oxygens (including phenoxy) is 1. The first-order valence-corrected chi connectivity index (χ1v) is 6.58.